The summed E-state index contributed by atoms with van der Waals surface area (Å²) in [5.74, 6) is -0.188. The van der Waals surface area contributed by atoms with Crippen molar-refractivity contribution in [2.45, 2.75) is 12.2 Å². The van der Waals surface area contributed by atoms with Crippen molar-refractivity contribution in [3.8, 4) is 0 Å². The van der Waals surface area contributed by atoms with Crippen molar-refractivity contribution in [2.75, 3.05) is 5.73 Å². The van der Waals surface area contributed by atoms with Gasteiger partial charge in [-0.25, -0.2) is 4.98 Å². The topological polar surface area (TPSA) is 64.9 Å². The normalized spacial score (nSPS) is 13.1. The molecule has 0 amide bonds. The first-order valence-corrected chi connectivity index (χ1v) is 3.45. The number of aromatic nitrogens is 1. The predicted octanol–water partition coefficient (Wildman–Crippen LogP) is 1.65. The number of nitrogens with two attached hydrogens (primary N) is 2. The van der Waals surface area contributed by atoms with E-state index in [0.717, 1.165) is 0 Å². The number of nitrogen functional groups attached to an aromatic ring is 1. The van der Waals surface area contributed by atoms with E-state index in [1.807, 2.05) is 0 Å². The molecule has 1 aromatic rings. The first-order chi connectivity index (χ1) is 5.93. The van der Waals surface area contributed by atoms with E-state index >= 15 is 0 Å². The molecule has 0 radical (unpaired) electrons. The molecule has 0 bridgehead atoms. The molecule has 0 saturated carbocycles. The van der Waals surface area contributed by atoms with E-state index in [1.54, 1.807) is 0 Å². The average molecular weight is 228 g/mol. The zero-order valence-corrected chi connectivity index (χ0v) is 7.77. The molecular formula is C7H9ClF3N3. The van der Waals surface area contributed by atoms with Crippen molar-refractivity contribution in [1.29, 1.82) is 0 Å². The van der Waals surface area contributed by atoms with Crippen LogP contribution in [0.5, 0.6) is 0 Å². The molecule has 4 N–H and O–H groups in total. The molecule has 1 atom stereocenters. The molecule has 0 spiro atoms. The molecule has 0 aromatic carbocycles. The second-order valence-corrected chi connectivity index (χ2v) is 2.50. The molecule has 0 aliphatic heterocycles. The maximum Gasteiger partial charge on any atom is 0.407 e. The van der Waals surface area contributed by atoms with Crippen LogP contribution >= 0.6 is 12.4 Å². The Kier molecular flexibility index (Phi) is 4.15. The van der Waals surface area contributed by atoms with Crippen molar-refractivity contribution in [2.24, 2.45) is 5.73 Å². The van der Waals surface area contributed by atoms with Crippen LogP contribution in [0.25, 0.3) is 0 Å². The second kappa shape index (κ2) is 4.47. The van der Waals surface area contributed by atoms with Gasteiger partial charge in [0.25, 0.3) is 0 Å². The van der Waals surface area contributed by atoms with Crippen LogP contribution in [0.4, 0.5) is 19.0 Å². The summed E-state index contributed by atoms with van der Waals surface area (Å²) in [5.41, 5.74) is 9.96. The van der Waals surface area contributed by atoms with E-state index in [-0.39, 0.29) is 23.8 Å². The molecular weight excluding hydrogens is 219 g/mol. The molecule has 14 heavy (non-hydrogen) atoms. The summed E-state index contributed by atoms with van der Waals surface area (Å²) in [6.07, 6.45) is -3.18. The maximum atomic E-state index is 12.1. The Balaban J connectivity index is 0.00000169. The minimum atomic E-state index is -4.49. The highest BCUT2D eigenvalue weighted by molar-refractivity contribution is 5.85. The third kappa shape index (κ3) is 2.74. The number of rotatable bonds is 1. The van der Waals surface area contributed by atoms with E-state index < -0.39 is 12.2 Å². The van der Waals surface area contributed by atoms with Crippen LogP contribution in [0.3, 0.4) is 0 Å². The minimum Gasteiger partial charge on any atom is -0.383 e. The lowest BCUT2D eigenvalue weighted by atomic mass is 10.1. The zero-order chi connectivity index (χ0) is 10.1. The summed E-state index contributed by atoms with van der Waals surface area (Å²) < 4.78 is 36.3. The summed E-state index contributed by atoms with van der Waals surface area (Å²) in [6, 6.07) is 0.499. The van der Waals surface area contributed by atoms with E-state index in [2.05, 4.69) is 4.98 Å². The quantitative estimate of drug-likeness (QED) is 0.767. The van der Waals surface area contributed by atoms with Gasteiger partial charge < -0.3 is 11.5 Å². The summed E-state index contributed by atoms with van der Waals surface area (Å²) in [6.45, 7) is 0. The van der Waals surface area contributed by atoms with Crippen LogP contribution in [0.2, 0.25) is 0 Å². The largest absolute Gasteiger partial charge is 0.407 e. The Morgan fingerprint density at radius 2 is 1.93 bits per heavy atom. The highest BCUT2D eigenvalue weighted by Gasteiger charge is 2.38. The van der Waals surface area contributed by atoms with Crippen molar-refractivity contribution in [3.05, 3.63) is 23.9 Å². The number of hydrogen-bond donors (Lipinski definition) is 2. The number of alkyl halides is 3. The van der Waals surface area contributed by atoms with E-state index in [0.29, 0.717) is 0 Å². The molecule has 1 heterocycles. The highest BCUT2D eigenvalue weighted by Crippen LogP contribution is 2.32. The lowest BCUT2D eigenvalue weighted by molar-refractivity contribution is -0.149. The van der Waals surface area contributed by atoms with Gasteiger partial charge in [0, 0.05) is 11.8 Å². The first-order valence-electron chi connectivity index (χ1n) is 3.45. The molecule has 0 unspecified atom stereocenters. The third-order valence-electron chi connectivity index (χ3n) is 1.56. The van der Waals surface area contributed by atoms with Gasteiger partial charge in [0.05, 0.1) is 0 Å². The zero-order valence-electron chi connectivity index (χ0n) is 6.95. The maximum absolute atomic E-state index is 12.1. The molecule has 1 rings (SSSR count). The molecule has 0 aliphatic carbocycles. The third-order valence-corrected chi connectivity index (χ3v) is 1.56. The SMILES string of the molecule is Cl.Nc1ncccc1[C@@H](N)C(F)(F)F. The average Bonchev–Trinajstić information content (AvgIpc) is 2.02. The van der Waals surface area contributed by atoms with Crippen LogP contribution in [0.15, 0.2) is 18.3 Å². The number of nitrogens with zero attached hydrogens (tertiary/aromatic N) is 1. The number of pyridine rings is 1. The molecule has 3 nitrogen and oxygen atoms in total. The van der Waals surface area contributed by atoms with Crippen molar-refractivity contribution in [1.82, 2.24) is 4.98 Å². The van der Waals surface area contributed by atoms with Gasteiger partial charge in [-0.3, -0.25) is 0 Å². The minimum absolute atomic E-state index is 0. The molecule has 80 valence electrons. The Hall–Kier alpha value is -1.01. The summed E-state index contributed by atoms with van der Waals surface area (Å²) in [4.78, 5) is 3.51. The highest BCUT2D eigenvalue weighted by atomic mass is 35.5. The van der Waals surface area contributed by atoms with Gasteiger partial charge in [0.1, 0.15) is 11.9 Å². The molecule has 0 aliphatic rings. The monoisotopic (exact) mass is 227 g/mol. The molecule has 0 fully saturated rings. The Morgan fingerprint density at radius 1 is 1.36 bits per heavy atom. The fourth-order valence-corrected chi connectivity index (χ4v) is 0.869. The summed E-state index contributed by atoms with van der Waals surface area (Å²) >= 11 is 0. The molecule has 0 saturated heterocycles. The first kappa shape index (κ1) is 13.0. The second-order valence-electron chi connectivity index (χ2n) is 2.50. The van der Waals surface area contributed by atoms with Crippen LogP contribution in [0.1, 0.15) is 11.6 Å². The fraction of sp³-hybridized carbons (Fsp3) is 0.286. The van der Waals surface area contributed by atoms with E-state index in [9.17, 15) is 13.2 Å². The number of anilines is 1. The smallest absolute Gasteiger partial charge is 0.383 e. The predicted molar refractivity (Wildman–Crippen MR) is 48.9 cm³/mol. The van der Waals surface area contributed by atoms with E-state index in [1.165, 1.54) is 18.3 Å². The van der Waals surface area contributed by atoms with Crippen LogP contribution in [-0.4, -0.2) is 11.2 Å². The molecule has 7 heteroatoms. The van der Waals surface area contributed by atoms with Gasteiger partial charge in [-0.05, 0) is 6.07 Å². The van der Waals surface area contributed by atoms with Crippen molar-refractivity contribution in [3.63, 3.8) is 0 Å². The van der Waals surface area contributed by atoms with Crippen molar-refractivity contribution >= 4 is 18.2 Å². The Labute approximate surface area is 84.7 Å². The summed E-state index contributed by atoms with van der Waals surface area (Å²) in [5, 5.41) is 0. The van der Waals surface area contributed by atoms with Crippen LogP contribution < -0.4 is 11.5 Å². The number of halogens is 4. The summed E-state index contributed by atoms with van der Waals surface area (Å²) in [7, 11) is 0. The van der Waals surface area contributed by atoms with Gasteiger partial charge in [-0.2, -0.15) is 13.2 Å². The number of hydrogen-bond acceptors (Lipinski definition) is 3. The van der Waals surface area contributed by atoms with Crippen LogP contribution in [-0.2, 0) is 0 Å². The molecule has 1 aromatic heterocycles. The van der Waals surface area contributed by atoms with Crippen LogP contribution in [0, 0.1) is 0 Å². The Bertz CT molecular complexity index is 302. The van der Waals surface area contributed by atoms with Gasteiger partial charge >= 0.3 is 6.18 Å². The lowest BCUT2D eigenvalue weighted by Crippen LogP contribution is -2.29. The lowest BCUT2D eigenvalue weighted by Gasteiger charge is -2.16. The van der Waals surface area contributed by atoms with Crippen molar-refractivity contribution < 1.29 is 13.2 Å². The van der Waals surface area contributed by atoms with Gasteiger partial charge in [-0.15, -0.1) is 12.4 Å². The van der Waals surface area contributed by atoms with E-state index in [4.69, 9.17) is 11.5 Å². The standard InChI is InChI=1S/C7H8F3N3.ClH/c8-7(9,10)5(11)4-2-1-3-13-6(4)12;/h1-3,5H,11H2,(H2,12,13);1H/t5-;/m1./s1. The van der Waals surface area contributed by atoms with Gasteiger partial charge in [0.15, 0.2) is 0 Å². The fourth-order valence-electron chi connectivity index (χ4n) is 0.869. The Morgan fingerprint density at radius 3 is 2.36 bits per heavy atom. The van der Waals surface area contributed by atoms with Gasteiger partial charge in [-0.1, -0.05) is 6.07 Å². The van der Waals surface area contributed by atoms with Gasteiger partial charge in [0.2, 0.25) is 0 Å².